The van der Waals surface area contributed by atoms with Gasteiger partial charge in [-0.2, -0.15) is 0 Å². The molecule has 102 valence electrons. The molecule has 1 amide bonds. The lowest BCUT2D eigenvalue weighted by Gasteiger charge is -2.18. The second kappa shape index (κ2) is 4.89. The molecule has 1 aliphatic rings. The van der Waals surface area contributed by atoms with Crippen LogP contribution in [0.4, 0.5) is 11.4 Å². The minimum absolute atomic E-state index is 0.0238. The quantitative estimate of drug-likeness (QED) is 0.851. The first-order valence-electron chi connectivity index (χ1n) is 6.54. The number of nitrogen functional groups attached to an aromatic ring is 1. The molecular weight excluding hydrogens is 252 g/mol. The number of nitrogens with zero attached hydrogens (tertiary/aromatic N) is 1. The molecule has 2 aromatic rings. The van der Waals surface area contributed by atoms with Crippen LogP contribution in [-0.2, 0) is 6.42 Å². The van der Waals surface area contributed by atoms with E-state index < -0.39 is 0 Å². The molecule has 0 aliphatic carbocycles. The molecule has 0 atom stereocenters. The van der Waals surface area contributed by atoms with Gasteiger partial charge in [-0.05, 0) is 36.2 Å². The van der Waals surface area contributed by atoms with Gasteiger partial charge in [0.1, 0.15) is 5.75 Å². The molecule has 20 heavy (non-hydrogen) atoms. The Hall–Kier alpha value is -2.49. The van der Waals surface area contributed by atoms with Crippen molar-refractivity contribution >= 4 is 17.3 Å². The van der Waals surface area contributed by atoms with E-state index >= 15 is 0 Å². The van der Waals surface area contributed by atoms with E-state index in [4.69, 9.17) is 10.5 Å². The van der Waals surface area contributed by atoms with E-state index in [1.54, 1.807) is 30.2 Å². The molecule has 2 N–H and O–H groups in total. The first kappa shape index (κ1) is 12.5. The number of anilines is 2. The Morgan fingerprint density at radius 3 is 2.80 bits per heavy atom. The summed E-state index contributed by atoms with van der Waals surface area (Å²) in [7, 11) is 1.56. The van der Waals surface area contributed by atoms with Crippen molar-refractivity contribution in [2.45, 2.75) is 6.42 Å². The zero-order chi connectivity index (χ0) is 14.1. The number of para-hydroxylation sites is 1. The third-order valence-electron chi connectivity index (χ3n) is 3.61. The van der Waals surface area contributed by atoms with Crippen molar-refractivity contribution in [1.82, 2.24) is 0 Å². The molecule has 0 bridgehead atoms. The van der Waals surface area contributed by atoms with Gasteiger partial charge in [0.25, 0.3) is 5.91 Å². The first-order valence-corrected chi connectivity index (χ1v) is 6.54. The van der Waals surface area contributed by atoms with E-state index in [0.717, 1.165) is 12.1 Å². The molecule has 0 unspecified atom stereocenters. The van der Waals surface area contributed by atoms with Crippen LogP contribution < -0.4 is 15.4 Å². The maximum absolute atomic E-state index is 12.6. The van der Waals surface area contributed by atoms with Crippen LogP contribution >= 0.6 is 0 Å². The topological polar surface area (TPSA) is 55.6 Å². The predicted molar refractivity (Wildman–Crippen MR) is 79.2 cm³/mol. The summed E-state index contributed by atoms with van der Waals surface area (Å²) in [4.78, 5) is 14.4. The Bertz CT molecular complexity index is 667. The summed E-state index contributed by atoms with van der Waals surface area (Å²) in [6, 6.07) is 13.1. The van der Waals surface area contributed by atoms with Crippen molar-refractivity contribution in [2.75, 3.05) is 24.3 Å². The van der Waals surface area contributed by atoms with Gasteiger partial charge in [0.2, 0.25) is 0 Å². The summed E-state index contributed by atoms with van der Waals surface area (Å²) < 4.78 is 5.11. The SMILES string of the molecule is COc1ccc(C(=O)N2CCc3ccccc32)cc1N. The number of carbonyl (C=O) groups is 1. The number of fused-ring (bicyclic) bond motifs is 1. The molecule has 2 aromatic carbocycles. The van der Waals surface area contributed by atoms with E-state index in [-0.39, 0.29) is 5.91 Å². The number of carbonyl (C=O) groups excluding carboxylic acids is 1. The summed E-state index contributed by atoms with van der Waals surface area (Å²) in [6.07, 6.45) is 0.896. The number of hydrogen-bond acceptors (Lipinski definition) is 3. The van der Waals surface area contributed by atoms with Crippen LogP contribution in [0.15, 0.2) is 42.5 Å². The van der Waals surface area contributed by atoms with Crippen molar-refractivity contribution in [2.24, 2.45) is 0 Å². The molecule has 1 heterocycles. The Balaban J connectivity index is 1.93. The van der Waals surface area contributed by atoms with Gasteiger partial charge in [0.15, 0.2) is 0 Å². The van der Waals surface area contributed by atoms with Crippen LogP contribution in [0.25, 0.3) is 0 Å². The van der Waals surface area contributed by atoms with Crippen LogP contribution in [0.5, 0.6) is 5.75 Å². The maximum Gasteiger partial charge on any atom is 0.258 e. The fourth-order valence-electron chi connectivity index (χ4n) is 2.57. The maximum atomic E-state index is 12.6. The largest absolute Gasteiger partial charge is 0.495 e. The number of nitrogens with two attached hydrogens (primary N) is 1. The lowest BCUT2D eigenvalue weighted by molar-refractivity contribution is 0.0989. The third kappa shape index (κ3) is 1.99. The van der Waals surface area contributed by atoms with Gasteiger partial charge >= 0.3 is 0 Å². The van der Waals surface area contributed by atoms with E-state index in [9.17, 15) is 4.79 Å². The van der Waals surface area contributed by atoms with Gasteiger partial charge in [0, 0.05) is 17.8 Å². The number of amides is 1. The monoisotopic (exact) mass is 268 g/mol. The van der Waals surface area contributed by atoms with Crippen molar-refractivity contribution in [3.63, 3.8) is 0 Å². The minimum Gasteiger partial charge on any atom is -0.495 e. The molecule has 3 rings (SSSR count). The highest BCUT2D eigenvalue weighted by atomic mass is 16.5. The number of methoxy groups -OCH3 is 1. The Morgan fingerprint density at radius 2 is 2.05 bits per heavy atom. The summed E-state index contributed by atoms with van der Waals surface area (Å²) in [5.74, 6) is 0.563. The van der Waals surface area contributed by atoms with Crippen LogP contribution in [0.1, 0.15) is 15.9 Å². The fourth-order valence-corrected chi connectivity index (χ4v) is 2.57. The number of hydrogen-bond donors (Lipinski definition) is 1. The highest BCUT2D eigenvalue weighted by Gasteiger charge is 2.25. The summed E-state index contributed by atoms with van der Waals surface area (Å²) in [5.41, 5.74) is 9.13. The van der Waals surface area contributed by atoms with Crippen LogP contribution in [0.3, 0.4) is 0 Å². The van der Waals surface area contributed by atoms with Crippen LogP contribution in [0.2, 0.25) is 0 Å². The summed E-state index contributed by atoms with van der Waals surface area (Å²) in [6.45, 7) is 0.712. The van der Waals surface area contributed by atoms with Crippen LogP contribution in [0, 0.1) is 0 Å². The zero-order valence-corrected chi connectivity index (χ0v) is 11.3. The van der Waals surface area contributed by atoms with Crippen molar-refractivity contribution in [1.29, 1.82) is 0 Å². The van der Waals surface area contributed by atoms with E-state index in [0.29, 0.717) is 23.5 Å². The molecule has 0 fully saturated rings. The van der Waals surface area contributed by atoms with E-state index in [1.807, 2.05) is 18.2 Å². The highest BCUT2D eigenvalue weighted by Crippen LogP contribution is 2.30. The summed E-state index contributed by atoms with van der Waals surface area (Å²) >= 11 is 0. The Morgan fingerprint density at radius 1 is 1.25 bits per heavy atom. The number of rotatable bonds is 2. The van der Waals surface area contributed by atoms with Gasteiger partial charge in [-0.15, -0.1) is 0 Å². The Labute approximate surface area is 117 Å². The van der Waals surface area contributed by atoms with Gasteiger partial charge in [-0.3, -0.25) is 4.79 Å². The molecule has 1 aliphatic heterocycles. The van der Waals surface area contributed by atoms with Crippen molar-refractivity contribution in [3.05, 3.63) is 53.6 Å². The number of ether oxygens (including phenoxy) is 1. The summed E-state index contributed by atoms with van der Waals surface area (Å²) in [5, 5.41) is 0. The fraction of sp³-hybridized carbons (Fsp3) is 0.188. The lowest BCUT2D eigenvalue weighted by atomic mass is 10.1. The normalized spacial score (nSPS) is 13.2. The van der Waals surface area contributed by atoms with Gasteiger partial charge in [-0.1, -0.05) is 18.2 Å². The molecule has 4 nitrogen and oxygen atoms in total. The predicted octanol–water partition coefficient (Wildman–Crippen LogP) is 2.48. The molecule has 4 heteroatoms. The molecule has 0 radical (unpaired) electrons. The van der Waals surface area contributed by atoms with E-state index in [2.05, 4.69) is 6.07 Å². The smallest absolute Gasteiger partial charge is 0.258 e. The van der Waals surface area contributed by atoms with Crippen molar-refractivity contribution in [3.8, 4) is 5.75 Å². The standard InChI is InChI=1S/C16H16N2O2/c1-20-15-7-6-12(10-13(15)17)16(19)18-9-8-11-4-2-3-5-14(11)18/h2-7,10H,8-9,17H2,1H3. The van der Waals surface area contributed by atoms with E-state index in [1.165, 1.54) is 5.56 Å². The average Bonchev–Trinajstić information content (AvgIpc) is 2.90. The minimum atomic E-state index is -0.0238. The highest BCUT2D eigenvalue weighted by molar-refractivity contribution is 6.07. The van der Waals surface area contributed by atoms with Gasteiger partial charge in [0.05, 0.1) is 12.8 Å². The Kier molecular flexibility index (Phi) is 3.06. The van der Waals surface area contributed by atoms with Crippen LogP contribution in [-0.4, -0.2) is 19.6 Å². The second-order valence-corrected chi connectivity index (χ2v) is 4.79. The number of benzene rings is 2. The molecule has 0 saturated carbocycles. The average molecular weight is 268 g/mol. The molecule has 0 saturated heterocycles. The second-order valence-electron chi connectivity index (χ2n) is 4.79. The zero-order valence-electron chi connectivity index (χ0n) is 11.3. The molecule has 0 aromatic heterocycles. The van der Waals surface area contributed by atoms with Gasteiger partial charge in [-0.25, -0.2) is 0 Å². The molecular formula is C16H16N2O2. The molecule has 0 spiro atoms. The lowest BCUT2D eigenvalue weighted by Crippen LogP contribution is -2.28. The third-order valence-corrected chi connectivity index (χ3v) is 3.61. The van der Waals surface area contributed by atoms with Crippen molar-refractivity contribution < 1.29 is 9.53 Å². The first-order chi connectivity index (χ1) is 9.70. The van der Waals surface area contributed by atoms with Gasteiger partial charge < -0.3 is 15.4 Å².